The number of benzene rings is 3. The Morgan fingerprint density at radius 1 is 1.03 bits per heavy atom. The number of nitro benzene ring substituents is 1. The van der Waals surface area contributed by atoms with Crippen LogP contribution in [0.2, 0.25) is 0 Å². The van der Waals surface area contributed by atoms with E-state index in [-0.39, 0.29) is 29.0 Å². The van der Waals surface area contributed by atoms with Crippen molar-refractivity contribution in [1.29, 1.82) is 0 Å². The number of nitro groups is 1. The number of non-ortho nitro benzene ring substituents is 1. The summed E-state index contributed by atoms with van der Waals surface area (Å²) in [5, 5.41) is 11.7. The van der Waals surface area contributed by atoms with Gasteiger partial charge < -0.3 is 9.32 Å². The second kappa shape index (κ2) is 7.91. The second-order valence-electron chi connectivity index (χ2n) is 8.42. The lowest BCUT2D eigenvalue weighted by Gasteiger charge is -2.25. The lowest BCUT2D eigenvalue weighted by molar-refractivity contribution is -0.384. The highest BCUT2D eigenvalue weighted by molar-refractivity contribution is 5.99. The number of carbonyl (C=O) groups is 1. The van der Waals surface area contributed by atoms with Crippen LogP contribution >= 0.6 is 0 Å². The van der Waals surface area contributed by atoms with E-state index in [1.165, 1.54) is 35.2 Å². The molecule has 7 nitrogen and oxygen atoms in total. The molecule has 0 radical (unpaired) electrons. The van der Waals surface area contributed by atoms with E-state index in [4.69, 9.17) is 4.42 Å². The van der Waals surface area contributed by atoms with E-state index in [0.29, 0.717) is 22.1 Å². The van der Waals surface area contributed by atoms with Crippen molar-refractivity contribution in [2.75, 3.05) is 0 Å². The minimum Gasteiger partial charge on any atom is -0.450 e. The number of amides is 1. The van der Waals surface area contributed by atoms with Crippen molar-refractivity contribution in [2.24, 2.45) is 0 Å². The van der Waals surface area contributed by atoms with Gasteiger partial charge in [0.25, 0.3) is 11.6 Å². The summed E-state index contributed by atoms with van der Waals surface area (Å²) in [5.74, 6) is -1.00. The van der Waals surface area contributed by atoms with Crippen LogP contribution in [0, 0.1) is 29.8 Å². The third-order valence-corrected chi connectivity index (χ3v) is 6.24. The summed E-state index contributed by atoms with van der Waals surface area (Å²) < 4.78 is 19.4. The van der Waals surface area contributed by atoms with Crippen molar-refractivity contribution in [3.05, 3.63) is 120 Å². The summed E-state index contributed by atoms with van der Waals surface area (Å²) in [7, 11) is 0. The van der Waals surface area contributed by atoms with Gasteiger partial charge in [-0.05, 0) is 60.4 Å². The fourth-order valence-electron chi connectivity index (χ4n) is 4.38. The Labute approximate surface area is 193 Å². The summed E-state index contributed by atoms with van der Waals surface area (Å²) in [6, 6.07) is 14.1. The molecule has 0 saturated carbocycles. The predicted octanol–water partition coefficient (Wildman–Crippen LogP) is 5.20. The number of hydrogen-bond acceptors (Lipinski definition) is 5. The third kappa shape index (κ3) is 3.44. The molecule has 1 aliphatic rings. The van der Waals surface area contributed by atoms with Crippen LogP contribution in [-0.4, -0.2) is 15.7 Å². The Morgan fingerprint density at radius 2 is 1.74 bits per heavy atom. The molecule has 170 valence electrons. The van der Waals surface area contributed by atoms with Crippen molar-refractivity contribution < 1.29 is 18.5 Å². The molecular formula is C26H19FN2O5. The van der Waals surface area contributed by atoms with Crippen molar-refractivity contribution in [3.63, 3.8) is 0 Å². The van der Waals surface area contributed by atoms with Crippen molar-refractivity contribution in [3.8, 4) is 0 Å². The largest absolute Gasteiger partial charge is 0.450 e. The number of aryl methyl sites for hydroxylation is 2. The molecule has 0 aliphatic carbocycles. The Bertz CT molecular complexity index is 1540. The Balaban J connectivity index is 1.75. The molecular weight excluding hydrogens is 439 g/mol. The molecule has 4 aromatic rings. The maximum Gasteiger partial charge on any atom is 0.291 e. The molecule has 34 heavy (non-hydrogen) atoms. The van der Waals surface area contributed by atoms with Crippen LogP contribution in [0.3, 0.4) is 0 Å². The fourth-order valence-corrected chi connectivity index (χ4v) is 4.38. The summed E-state index contributed by atoms with van der Waals surface area (Å²) in [5.41, 5.74) is 2.81. The van der Waals surface area contributed by atoms with E-state index in [0.717, 1.165) is 11.1 Å². The van der Waals surface area contributed by atoms with Gasteiger partial charge in [0.05, 0.1) is 21.9 Å². The van der Waals surface area contributed by atoms with Gasteiger partial charge >= 0.3 is 0 Å². The number of rotatable bonds is 4. The number of carbonyl (C=O) groups excluding carboxylic acids is 1. The lowest BCUT2D eigenvalue weighted by Crippen LogP contribution is -2.29. The average molecular weight is 458 g/mol. The number of fused-ring (bicyclic) bond motifs is 2. The standard InChI is InChI=1S/C26H19FN2O5/c1-14-10-20-21(11-15(14)2)34-25-22(24(20)30)23(17-4-3-5-19(12-17)29(32)33)28(26(25)31)13-16-6-8-18(27)9-7-16/h3-12,23H,13H2,1-2H3. The molecule has 8 heteroatoms. The first-order valence-electron chi connectivity index (χ1n) is 10.6. The molecule has 3 aromatic carbocycles. The van der Waals surface area contributed by atoms with E-state index >= 15 is 0 Å². The van der Waals surface area contributed by atoms with E-state index in [1.807, 2.05) is 13.8 Å². The van der Waals surface area contributed by atoms with Gasteiger partial charge in [-0.15, -0.1) is 0 Å². The van der Waals surface area contributed by atoms with Gasteiger partial charge in [-0.3, -0.25) is 19.7 Å². The van der Waals surface area contributed by atoms with Gasteiger partial charge in [0, 0.05) is 18.7 Å². The van der Waals surface area contributed by atoms with Gasteiger partial charge in [-0.25, -0.2) is 4.39 Å². The second-order valence-corrected chi connectivity index (χ2v) is 8.42. The first kappa shape index (κ1) is 21.5. The molecule has 1 aromatic heterocycles. The molecule has 1 amide bonds. The normalized spacial score (nSPS) is 15.1. The third-order valence-electron chi connectivity index (χ3n) is 6.24. The van der Waals surface area contributed by atoms with Crippen LogP contribution in [-0.2, 0) is 6.54 Å². The fraction of sp³-hybridized carbons (Fsp3) is 0.154. The highest BCUT2D eigenvalue weighted by atomic mass is 19.1. The van der Waals surface area contributed by atoms with Gasteiger partial charge in [-0.1, -0.05) is 24.3 Å². The smallest absolute Gasteiger partial charge is 0.291 e. The maximum atomic E-state index is 13.7. The highest BCUT2D eigenvalue weighted by Crippen LogP contribution is 2.40. The summed E-state index contributed by atoms with van der Waals surface area (Å²) in [6.07, 6.45) is 0. The molecule has 0 spiro atoms. The SMILES string of the molecule is Cc1cc2oc3c(c(=O)c2cc1C)C(c1cccc([N+](=O)[O-])c1)N(Cc1ccc(F)cc1)C3=O. The molecule has 0 fully saturated rings. The molecule has 1 unspecified atom stereocenters. The molecule has 0 saturated heterocycles. The van der Waals surface area contributed by atoms with E-state index in [2.05, 4.69) is 0 Å². The molecule has 0 bridgehead atoms. The predicted molar refractivity (Wildman–Crippen MR) is 123 cm³/mol. The molecule has 0 N–H and O–H groups in total. The monoisotopic (exact) mass is 458 g/mol. The van der Waals surface area contributed by atoms with E-state index < -0.39 is 22.7 Å². The van der Waals surface area contributed by atoms with Crippen molar-refractivity contribution >= 4 is 22.6 Å². The van der Waals surface area contributed by atoms with Crippen LogP contribution in [0.4, 0.5) is 10.1 Å². The van der Waals surface area contributed by atoms with Crippen molar-refractivity contribution in [1.82, 2.24) is 4.90 Å². The maximum absolute atomic E-state index is 13.7. The number of halogens is 1. The minimum absolute atomic E-state index is 0.0600. The van der Waals surface area contributed by atoms with E-state index in [1.54, 1.807) is 30.3 Å². The summed E-state index contributed by atoms with van der Waals surface area (Å²) >= 11 is 0. The Morgan fingerprint density at radius 3 is 2.44 bits per heavy atom. The Hall–Kier alpha value is -4.33. The minimum atomic E-state index is -0.894. The topological polar surface area (TPSA) is 93.7 Å². The zero-order chi connectivity index (χ0) is 24.1. The summed E-state index contributed by atoms with van der Waals surface area (Å²) in [6.45, 7) is 3.83. The van der Waals surface area contributed by atoms with E-state index in [9.17, 15) is 24.1 Å². The molecule has 1 aliphatic heterocycles. The summed E-state index contributed by atoms with van der Waals surface area (Å²) in [4.78, 5) is 39.5. The van der Waals surface area contributed by atoms with Crippen LogP contribution in [0.15, 0.2) is 69.9 Å². The van der Waals surface area contributed by atoms with Gasteiger partial charge in [-0.2, -0.15) is 0 Å². The highest BCUT2D eigenvalue weighted by Gasteiger charge is 2.43. The van der Waals surface area contributed by atoms with Crippen LogP contribution < -0.4 is 5.43 Å². The van der Waals surface area contributed by atoms with Gasteiger partial charge in [0.1, 0.15) is 11.4 Å². The van der Waals surface area contributed by atoms with Crippen LogP contribution in [0.25, 0.3) is 11.0 Å². The Kier molecular flexibility index (Phi) is 5.01. The number of nitrogens with zero attached hydrogens (tertiary/aromatic N) is 2. The first-order valence-corrected chi connectivity index (χ1v) is 10.6. The zero-order valence-corrected chi connectivity index (χ0v) is 18.4. The van der Waals surface area contributed by atoms with Crippen LogP contribution in [0.5, 0.6) is 0 Å². The quantitative estimate of drug-likeness (QED) is 0.309. The van der Waals surface area contributed by atoms with Crippen molar-refractivity contribution in [2.45, 2.75) is 26.4 Å². The molecule has 5 rings (SSSR count). The molecule has 1 atom stereocenters. The van der Waals surface area contributed by atoms with Gasteiger partial charge in [0.2, 0.25) is 5.76 Å². The lowest BCUT2D eigenvalue weighted by atomic mass is 9.97. The zero-order valence-electron chi connectivity index (χ0n) is 18.4. The number of hydrogen-bond donors (Lipinski definition) is 0. The first-order chi connectivity index (χ1) is 16.2. The average Bonchev–Trinajstić information content (AvgIpc) is 3.08. The van der Waals surface area contributed by atoms with Gasteiger partial charge in [0.15, 0.2) is 5.43 Å². The van der Waals surface area contributed by atoms with Crippen LogP contribution in [0.1, 0.15) is 44.4 Å². The molecule has 2 heterocycles.